The second-order valence-electron chi connectivity index (χ2n) is 9.34. The Kier molecular flexibility index (Phi) is 7.89. The molecule has 1 amide bonds. The number of ether oxygens (including phenoxy) is 1. The largest absolute Gasteiger partial charge is 0.376 e. The van der Waals surface area contributed by atoms with Gasteiger partial charge in [0.1, 0.15) is 0 Å². The maximum absolute atomic E-state index is 13.4. The van der Waals surface area contributed by atoms with Gasteiger partial charge in [-0.1, -0.05) is 32.0 Å². The number of nitrogens with zero attached hydrogens (tertiary/aromatic N) is 2. The van der Waals surface area contributed by atoms with Gasteiger partial charge in [0.15, 0.2) is 0 Å². The molecule has 2 aromatic rings. The molecular weight excluding hydrogens is 456 g/mol. The smallest absolute Gasteiger partial charge is 0.243 e. The van der Waals surface area contributed by atoms with Crippen molar-refractivity contribution in [3.63, 3.8) is 0 Å². The fraction of sp³-hybridized carbons (Fsp3) is 0.560. The second-order valence-corrected chi connectivity index (χ2v) is 12.3. The molecule has 2 aliphatic rings. The van der Waals surface area contributed by atoms with E-state index in [1.165, 1.54) is 4.31 Å². The molecule has 0 aliphatic carbocycles. The van der Waals surface area contributed by atoms with Gasteiger partial charge in [0.2, 0.25) is 15.9 Å². The molecule has 180 valence electrons. The lowest BCUT2D eigenvalue weighted by molar-refractivity contribution is -0.139. The second kappa shape index (κ2) is 10.7. The summed E-state index contributed by atoms with van der Waals surface area (Å²) in [5.74, 6) is 0.327. The van der Waals surface area contributed by atoms with E-state index < -0.39 is 10.0 Å². The van der Waals surface area contributed by atoms with Crippen LogP contribution in [0, 0.1) is 5.92 Å². The Morgan fingerprint density at radius 3 is 2.45 bits per heavy atom. The monoisotopic (exact) mass is 490 g/mol. The van der Waals surface area contributed by atoms with Crippen LogP contribution in [0.15, 0.2) is 46.7 Å². The maximum Gasteiger partial charge on any atom is 0.243 e. The predicted octanol–water partition coefficient (Wildman–Crippen LogP) is 4.48. The topological polar surface area (TPSA) is 66.9 Å². The minimum Gasteiger partial charge on any atom is -0.376 e. The van der Waals surface area contributed by atoms with Crippen LogP contribution in [0.25, 0.3) is 0 Å². The Labute approximate surface area is 201 Å². The third kappa shape index (κ3) is 5.85. The number of carbonyl (C=O) groups excluding carboxylic acids is 1. The fourth-order valence-electron chi connectivity index (χ4n) is 4.63. The lowest BCUT2D eigenvalue weighted by Crippen LogP contribution is -2.45. The molecule has 1 atom stereocenters. The highest BCUT2D eigenvalue weighted by Crippen LogP contribution is 2.28. The molecule has 0 saturated carbocycles. The van der Waals surface area contributed by atoms with E-state index >= 15 is 0 Å². The molecule has 3 heterocycles. The normalized spacial score (nSPS) is 20.4. The Hall–Kier alpha value is -1.74. The van der Waals surface area contributed by atoms with Crippen molar-refractivity contribution in [2.45, 2.75) is 63.0 Å². The minimum absolute atomic E-state index is 0.100. The molecule has 2 aliphatic heterocycles. The zero-order chi connectivity index (χ0) is 23.4. The van der Waals surface area contributed by atoms with Gasteiger partial charge in [-0.2, -0.15) is 4.31 Å². The first-order valence-electron chi connectivity index (χ1n) is 11.9. The first kappa shape index (κ1) is 24.4. The van der Waals surface area contributed by atoms with Gasteiger partial charge >= 0.3 is 0 Å². The summed E-state index contributed by atoms with van der Waals surface area (Å²) in [6.07, 6.45) is 3.23. The highest BCUT2D eigenvalue weighted by atomic mass is 32.2. The molecule has 2 saturated heterocycles. The average molecular weight is 491 g/mol. The molecule has 0 spiro atoms. The summed E-state index contributed by atoms with van der Waals surface area (Å²) < 4.78 is 33.6. The maximum atomic E-state index is 13.4. The summed E-state index contributed by atoms with van der Waals surface area (Å²) in [6.45, 7) is 6.89. The number of amides is 1. The van der Waals surface area contributed by atoms with Gasteiger partial charge in [-0.3, -0.25) is 4.79 Å². The molecule has 8 heteroatoms. The average Bonchev–Trinajstić information content (AvgIpc) is 3.53. The van der Waals surface area contributed by atoms with E-state index in [0.717, 1.165) is 29.9 Å². The van der Waals surface area contributed by atoms with Crippen molar-refractivity contribution in [1.29, 1.82) is 0 Å². The number of benzene rings is 1. The lowest BCUT2D eigenvalue weighted by atomic mass is 9.96. The van der Waals surface area contributed by atoms with Crippen molar-refractivity contribution in [2.75, 3.05) is 26.2 Å². The van der Waals surface area contributed by atoms with Crippen LogP contribution < -0.4 is 0 Å². The van der Waals surface area contributed by atoms with Crippen molar-refractivity contribution in [3.05, 3.63) is 52.2 Å². The standard InChI is InChI=1S/C25H34N2O4S2/c1-19(2)20-7-9-24(10-8-20)33(29,30)27-13-11-21(12-14-27)25(28)26(17-22-5-3-15-31-22)18-23-6-4-16-32-23/h4,6-10,16,19,21-22H,3,5,11-15,17-18H2,1-2H3. The van der Waals surface area contributed by atoms with Crippen molar-refractivity contribution >= 4 is 27.3 Å². The zero-order valence-electron chi connectivity index (χ0n) is 19.5. The number of rotatable bonds is 8. The molecular formula is C25H34N2O4S2. The van der Waals surface area contributed by atoms with Crippen molar-refractivity contribution < 1.29 is 17.9 Å². The third-order valence-electron chi connectivity index (χ3n) is 6.67. The number of sulfonamides is 1. The molecule has 2 fully saturated rings. The van der Waals surface area contributed by atoms with Crippen molar-refractivity contribution in [2.24, 2.45) is 5.92 Å². The summed E-state index contributed by atoms with van der Waals surface area (Å²) in [5.41, 5.74) is 1.12. The van der Waals surface area contributed by atoms with E-state index in [0.29, 0.717) is 49.8 Å². The van der Waals surface area contributed by atoms with Gasteiger partial charge in [-0.05, 0) is 60.7 Å². The van der Waals surface area contributed by atoms with E-state index in [-0.39, 0.29) is 17.9 Å². The summed E-state index contributed by atoms with van der Waals surface area (Å²) in [6, 6.07) is 11.2. The van der Waals surface area contributed by atoms with Gasteiger partial charge in [0, 0.05) is 37.0 Å². The molecule has 0 bridgehead atoms. The first-order valence-corrected chi connectivity index (χ1v) is 14.2. The Morgan fingerprint density at radius 2 is 1.88 bits per heavy atom. The highest BCUT2D eigenvalue weighted by Gasteiger charge is 2.35. The van der Waals surface area contributed by atoms with Gasteiger partial charge < -0.3 is 9.64 Å². The van der Waals surface area contributed by atoms with E-state index in [1.54, 1.807) is 23.5 Å². The summed E-state index contributed by atoms with van der Waals surface area (Å²) in [7, 11) is -3.54. The molecule has 1 aromatic carbocycles. The minimum atomic E-state index is -3.54. The Morgan fingerprint density at radius 1 is 1.15 bits per heavy atom. The fourth-order valence-corrected chi connectivity index (χ4v) is 6.82. The summed E-state index contributed by atoms with van der Waals surface area (Å²) in [5, 5.41) is 2.03. The number of hydrogen-bond donors (Lipinski definition) is 0. The van der Waals surface area contributed by atoms with E-state index in [4.69, 9.17) is 4.74 Å². The summed E-state index contributed by atoms with van der Waals surface area (Å²) in [4.78, 5) is 16.9. The van der Waals surface area contributed by atoms with Crippen LogP contribution in [-0.4, -0.2) is 55.9 Å². The molecule has 4 rings (SSSR count). The van der Waals surface area contributed by atoms with Crippen LogP contribution in [0.2, 0.25) is 0 Å². The predicted molar refractivity (Wildman–Crippen MR) is 131 cm³/mol. The third-order valence-corrected chi connectivity index (χ3v) is 9.45. The molecule has 1 unspecified atom stereocenters. The quantitative estimate of drug-likeness (QED) is 0.547. The van der Waals surface area contributed by atoms with Crippen molar-refractivity contribution in [3.8, 4) is 0 Å². The van der Waals surface area contributed by atoms with Crippen LogP contribution in [0.4, 0.5) is 0 Å². The number of hydrogen-bond acceptors (Lipinski definition) is 5. The van der Waals surface area contributed by atoms with Gasteiger partial charge in [-0.25, -0.2) is 8.42 Å². The van der Waals surface area contributed by atoms with Gasteiger partial charge in [0.25, 0.3) is 0 Å². The van der Waals surface area contributed by atoms with Gasteiger partial charge in [-0.15, -0.1) is 11.3 Å². The first-order chi connectivity index (χ1) is 15.8. The van der Waals surface area contributed by atoms with E-state index in [2.05, 4.69) is 19.9 Å². The van der Waals surface area contributed by atoms with Crippen LogP contribution in [0.5, 0.6) is 0 Å². The number of piperidine rings is 1. The van der Waals surface area contributed by atoms with E-state index in [9.17, 15) is 13.2 Å². The van der Waals surface area contributed by atoms with Crippen LogP contribution >= 0.6 is 11.3 Å². The van der Waals surface area contributed by atoms with Crippen molar-refractivity contribution in [1.82, 2.24) is 9.21 Å². The Balaban J connectivity index is 1.39. The highest BCUT2D eigenvalue weighted by molar-refractivity contribution is 7.89. The molecule has 0 radical (unpaired) electrons. The van der Waals surface area contributed by atoms with E-state index in [1.807, 2.05) is 28.5 Å². The van der Waals surface area contributed by atoms with Gasteiger partial charge in [0.05, 0.1) is 17.5 Å². The van der Waals surface area contributed by atoms with Crippen LogP contribution in [0.3, 0.4) is 0 Å². The molecule has 1 aromatic heterocycles. The summed E-state index contributed by atoms with van der Waals surface area (Å²) >= 11 is 1.65. The number of carbonyl (C=O) groups is 1. The van der Waals surface area contributed by atoms with Crippen LogP contribution in [-0.2, 0) is 26.1 Å². The SMILES string of the molecule is CC(C)c1ccc(S(=O)(=O)N2CCC(C(=O)N(Cc3cccs3)CC3CCCO3)CC2)cc1. The van der Waals surface area contributed by atoms with Crippen LogP contribution in [0.1, 0.15) is 55.9 Å². The molecule has 0 N–H and O–H groups in total. The zero-order valence-corrected chi connectivity index (χ0v) is 21.1. The lowest BCUT2D eigenvalue weighted by Gasteiger charge is -2.34. The Bertz CT molecular complexity index is 1010. The molecule has 33 heavy (non-hydrogen) atoms. The number of thiophene rings is 1. The molecule has 6 nitrogen and oxygen atoms in total.